The Morgan fingerprint density at radius 3 is 2.50 bits per heavy atom. The molecule has 1 aliphatic carbocycles. The average molecular weight is 422 g/mol. The van der Waals surface area contributed by atoms with Crippen molar-refractivity contribution in [1.29, 1.82) is 0 Å². The molecule has 4 rings (SSSR count). The van der Waals surface area contributed by atoms with E-state index in [9.17, 15) is 4.79 Å². The topological polar surface area (TPSA) is 35.5 Å². The Bertz CT molecular complexity index is 1050. The summed E-state index contributed by atoms with van der Waals surface area (Å²) in [6, 6.07) is 12.6. The number of hydrogen-bond donors (Lipinski definition) is 0. The van der Waals surface area contributed by atoms with E-state index in [2.05, 4.69) is 38.1 Å². The lowest BCUT2D eigenvalue weighted by atomic mass is 9.91. The smallest absolute Gasteiger partial charge is 0.183 e. The molecule has 156 valence electrons. The molecule has 0 spiro atoms. The summed E-state index contributed by atoms with van der Waals surface area (Å²) >= 11 is 0. The van der Waals surface area contributed by atoms with E-state index >= 15 is 0 Å². The van der Waals surface area contributed by atoms with Gasteiger partial charge >= 0.3 is 0 Å². The van der Waals surface area contributed by atoms with Gasteiger partial charge < -0.3 is 9.47 Å². The van der Waals surface area contributed by atoms with Gasteiger partial charge in [0.05, 0.1) is 18.3 Å². The quantitative estimate of drug-likeness (QED) is 0.285. The molecule has 2 unspecified atom stereocenters. The molecule has 1 heterocycles. The summed E-state index contributed by atoms with van der Waals surface area (Å²) < 4.78 is 11.6. The van der Waals surface area contributed by atoms with Crippen LogP contribution in [-0.4, -0.2) is 30.0 Å². The van der Waals surface area contributed by atoms with E-state index in [-0.39, 0.29) is 17.8 Å². The molecule has 0 fully saturated rings. The van der Waals surface area contributed by atoms with Crippen molar-refractivity contribution in [3.8, 4) is 5.75 Å². The maximum absolute atomic E-state index is 13.1. The highest BCUT2D eigenvalue weighted by Gasteiger charge is 2.37. The molecule has 2 atom stereocenters. The van der Waals surface area contributed by atoms with Gasteiger partial charge in [0.2, 0.25) is 0 Å². The lowest BCUT2D eigenvalue weighted by Gasteiger charge is -2.24. The zero-order valence-electron chi connectivity index (χ0n) is 18.0. The van der Waals surface area contributed by atoms with Crippen molar-refractivity contribution in [2.75, 3.05) is 13.2 Å². The van der Waals surface area contributed by atoms with Gasteiger partial charge in [0, 0.05) is 0 Å². The highest BCUT2D eigenvalue weighted by Crippen LogP contribution is 2.35. The second-order valence-electron chi connectivity index (χ2n) is 8.04. The van der Waals surface area contributed by atoms with E-state index < -0.39 is 10.5 Å². The molecule has 1 aliphatic heterocycles. The van der Waals surface area contributed by atoms with Crippen molar-refractivity contribution in [2.24, 2.45) is 5.92 Å². The number of carbonyl (C=O) groups is 1. The number of aryl methyl sites for hydroxylation is 2. The van der Waals surface area contributed by atoms with Crippen LogP contribution >= 0.6 is 0 Å². The molecule has 3 nitrogen and oxygen atoms in total. The predicted molar refractivity (Wildman–Crippen MR) is 125 cm³/mol. The Kier molecular flexibility index (Phi) is 6.07. The first-order valence-corrected chi connectivity index (χ1v) is 11.8. The number of benzene rings is 2. The van der Waals surface area contributed by atoms with Crippen LogP contribution in [0.25, 0.3) is 0 Å². The summed E-state index contributed by atoms with van der Waals surface area (Å²) in [4.78, 5) is 16.7. The maximum atomic E-state index is 13.1. The minimum absolute atomic E-state index is 0.152. The summed E-state index contributed by atoms with van der Waals surface area (Å²) in [5.41, 5.74) is 3.11. The van der Waals surface area contributed by atoms with Gasteiger partial charge in [-0.3, -0.25) is 4.79 Å². The zero-order chi connectivity index (χ0) is 21.3. The van der Waals surface area contributed by atoms with Crippen molar-refractivity contribution in [3.63, 3.8) is 0 Å². The third-order valence-corrected chi connectivity index (χ3v) is 8.03. The standard InChI is InChI=1S/C26H28O3S/c1-17(2)28-13-14-29-26-18(3)15-20(16-19(26)4)30-23-11-7-5-9-21(23)25(27)22-10-6-8-12-24(22)30/h5-12,15-17,21H,13-14H2,1-4H3/p+1. The fraction of sp³-hybridized carbons (Fsp3) is 0.308. The molecule has 0 aromatic heterocycles. The molecule has 4 heteroatoms. The third kappa shape index (κ3) is 3.94. The van der Waals surface area contributed by atoms with E-state index in [0.29, 0.717) is 13.2 Å². The number of allylic oxidation sites excluding steroid dienone is 4. The number of Topliss-reactive ketones (excluding diaryl/α,β-unsaturated/α-hetero) is 1. The summed E-state index contributed by atoms with van der Waals surface area (Å²) in [6.45, 7) is 9.38. The van der Waals surface area contributed by atoms with Crippen molar-refractivity contribution >= 4 is 21.1 Å². The summed E-state index contributed by atoms with van der Waals surface area (Å²) in [7, 11) is -0.759. The van der Waals surface area contributed by atoms with Gasteiger partial charge in [-0.05, 0) is 69.2 Å². The molecule has 2 aromatic rings. The van der Waals surface area contributed by atoms with Crippen LogP contribution in [0.3, 0.4) is 0 Å². The molecule has 0 bridgehead atoms. The molecule has 0 saturated carbocycles. The van der Waals surface area contributed by atoms with Crippen LogP contribution in [0.15, 0.2) is 70.5 Å². The molecule has 0 radical (unpaired) electrons. The second kappa shape index (κ2) is 8.75. The monoisotopic (exact) mass is 421 g/mol. The van der Waals surface area contributed by atoms with Crippen LogP contribution in [0.1, 0.15) is 35.3 Å². The number of carbonyl (C=O) groups excluding carboxylic acids is 1. The van der Waals surface area contributed by atoms with Gasteiger partial charge in [-0.1, -0.05) is 40.8 Å². The van der Waals surface area contributed by atoms with Crippen LogP contribution in [0, 0.1) is 19.8 Å². The maximum Gasteiger partial charge on any atom is 0.183 e. The number of hydrogen-bond acceptors (Lipinski definition) is 3. The minimum Gasteiger partial charge on any atom is -0.491 e. The predicted octanol–water partition coefficient (Wildman–Crippen LogP) is 4.99. The van der Waals surface area contributed by atoms with E-state index in [1.807, 2.05) is 50.3 Å². The molecule has 0 N–H and O–H groups in total. The van der Waals surface area contributed by atoms with Crippen LogP contribution in [0.5, 0.6) is 5.75 Å². The van der Waals surface area contributed by atoms with Crippen LogP contribution in [0.2, 0.25) is 0 Å². The summed E-state index contributed by atoms with van der Waals surface area (Å²) in [6.07, 6.45) is 8.42. The Labute approximate surface area is 181 Å². The molecule has 2 aliphatic rings. The van der Waals surface area contributed by atoms with E-state index in [1.54, 1.807) is 0 Å². The number of ketones is 1. The number of thiol groups is 1. The van der Waals surface area contributed by atoms with Gasteiger partial charge in [-0.2, -0.15) is 0 Å². The Morgan fingerprint density at radius 1 is 1.03 bits per heavy atom. The first-order valence-electron chi connectivity index (χ1n) is 10.5. The largest absolute Gasteiger partial charge is 0.491 e. The van der Waals surface area contributed by atoms with E-state index in [0.717, 1.165) is 27.3 Å². The van der Waals surface area contributed by atoms with Crippen LogP contribution in [0.4, 0.5) is 0 Å². The van der Waals surface area contributed by atoms with Gasteiger partial charge in [0.15, 0.2) is 5.78 Å². The Balaban J connectivity index is 1.75. The van der Waals surface area contributed by atoms with Gasteiger partial charge in [0.25, 0.3) is 0 Å². The first-order chi connectivity index (χ1) is 14.5. The normalized spacial score (nSPS) is 19.8. The molecule has 0 saturated heterocycles. The zero-order valence-corrected chi connectivity index (χ0v) is 18.9. The second-order valence-corrected chi connectivity index (χ2v) is 10.2. The van der Waals surface area contributed by atoms with E-state index in [1.165, 1.54) is 9.76 Å². The van der Waals surface area contributed by atoms with E-state index in [4.69, 9.17) is 9.47 Å². The SMILES string of the molecule is Cc1cc([SH+]2=C3C=CC=CC3C(=O)c3ccccc32)cc(C)c1OCCOC(C)C. The number of ether oxygens (including phenoxy) is 2. The minimum atomic E-state index is -0.759. The van der Waals surface area contributed by atoms with Gasteiger partial charge in [-0.25, -0.2) is 0 Å². The van der Waals surface area contributed by atoms with Gasteiger partial charge in [0.1, 0.15) is 32.9 Å². The van der Waals surface area contributed by atoms with Crippen LogP contribution < -0.4 is 4.74 Å². The molecular formula is C26H29O3S+. The average Bonchev–Trinajstić information content (AvgIpc) is 2.73. The number of rotatable bonds is 6. The highest BCUT2D eigenvalue weighted by molar-refractivity contribution is 7.97. The van der Waals surface area contributed by atoms with Crippen LogP contribution in [-0.2, 0) is 15.2 Å². The van der Waals surface area contributed by atoms with Crippen molar-refractivity contribution in [1.82, 2.24) is 0 Å². The third-order valence-electron chi connectivity index (χ3n) is 5.44. The molecular weight excluding hydrogens is 392 g/mol. The fourth-order valence-electron chi connectivity index (χ4n) is 4.15. The lowest BCUT2D eigenvalue weighted by molar-refractivity contribution is 0.0550. The van der Waals surface area contributed by atoms with Crippen molar-refractivity contribution < 1.29 is 14.3 Å². The van der Waals surface area contributed by atoms with Crippen molar-refractivity contribution in [2.45, 2.75) is 43.6 Å². The van der Waals surface area contributed by atoms with Crippen molar-refractivity contribution in [3.05, 3.63) is 77.4 Å². The first kappa shape index (κ1) is 20.8. The highest BCUT2D eigenvalue weighted by atomic mass is 32.2. The van der Waals surface area contributed by atoms with Gasteiger partial charge in [-0.15, -0.1) is 0 Å². The Hall–Kier alpha value is -2.43. The Morgan fingerprint density at radius 2 is 1.77 bits per heavy atom. The summed E-state index contributed by atoms with van der Waals surface area (Å²) in [5, 5.41) is 0. The fourth-order valence-corrected chi connectivity index (χ4v) is 7.03. The molecule has 30 heavy (non-hydrogen) atoms. The molecule has 0 amide bonds. The lowest BCUT2D eigenvalue weighted by Crippen LogP contribution is -2.31. The summed E-state index contributed by atoms with van der Waals surface area (Å²) in [5.74, 6) is 0.988. The molecule has 2 aromatic carbocycles. The number of fused-ring (bicyclic) bond motifs is 2.